The molecule has 7 heteroatoms. The average Bonchev–Trinajstić information content (AvgIpc) is 1.61. The second-order valence-electron chi connectivity index (χ2n) is 1.15. The maximum Gasteiger partial charge on any atom is 0.510 e. The Morgan fingerprint density at radius 1 is 1.00 bits per heavy atom. The fraction of sp³-hybridized carbons (Fsp3) is 1.00. The molecule has 0 spiro atoms. The second kappa shape index (κ2) is 6.77. The van der Waals surface area contributed by atoms with E-state index in [0.717, 1.165) is 0 Å². The van der Waals surface area contributed by atoms with Gasteiger partial charge in [-0.25, -0.2) is 0 Å². The van der Waals surface area contributed by atoms with E-state index in [4.69, 9.17) is 9.79 Å². The first kappa shape index (κ1) is 12.3. The number of rotatable bonds is 3. The van der Waals surface area contributed by atoms with Crippen LogP contribution in [0, 0.1) is 0 Å². The van der Waals surface area contributed by atoms with Gasteiger partial charge in [0.05, 0.1) is 0 Å². The van der Waals surface area contributed by atoms with Crippen LogP contribution in [0.3, 0.4) is 0 Å². The lowest BCUT2D eigenvalue weighted by molar-refractivity contribution is 0.494. The largest absolute Gasteiger partial charge is 0.510 e. The summed E-state index contributed by atoms with van der Waals surface area (Å²) in [5, 5.41) is 0. The van der Waals surface area contributed by atoms with Crippen molar-refractivity contribution in [2.45, 2.75) is 0 Å². The molecule has 0 radical (unpaired) electrons. The van der Waals surface area contributed by atoms with Crippen LogP contribution in [-0.2, 0) is 9.13 Å². The molecule has 2 unspecified atom stereocenters. The molecule has 0 aromatic carbocycles. The summed E-state index contributed by atoms with van der Waals surface area (Å²) in [6.07, 6.45) is -0.165. The lowest BCUT2D eigenvalue weighted by atomic mass is 11.0. The Hall–Kier alpha value is 0.652. The Kier molecular flexibility index (Phi) is 9.28. The van der Waals surface area contributed by atoms with E-state index in [1.807, 2.05) is 0 Å². The molecule has 0 aromatic rings. The molecule has 0 aliphatic heterocycles. The quantitative estimate of drug-likeness (QED) is 0.450. The van der Waals surface area contributed by atoms with Gasteiger partial charge < -0.3 is 0 Å². The van der Waals surface area contributed by atoms with Gasteiger partial charge in [0.25, 0.3) is 0 Å². The highest BCUT2D eigenvalue weighted by atomic mass is 31.1. The SMILES string of the molecule is O=[P+](O)CC[P+](=O)O.[AlH3]. The fourth-order valence-corrected chi connectivity index (χ4v) is 1.54. The lowest BCUT2D eigenvalue weighted by Gasteiger charge is -1.64. The molecular formula is C2H9AlO4P2+2. The monoisotopic (exact) mass is 186 g/mol. The van der Waals surface area contributed by atoms with Gasteiger partial charge in [-0.1, -0.05) is 0 Å². The maximum atomic E-state index is 9.81. The summed E-state index contributed by atoms with van der Waals surface area (Å²) in [7, 11) is -4.45. The molecule has 0 aliphatic rings. The summed E-state index contributed by atoms with van der Waals surface area (Å²) in [5.41, 5.74) is 0. The molecule has 0 saturated carbocycles. The molecule has 9 heavy (non-hydrogen) atoms. The summed E-state index contributed by atoms with van der Waals surface area (Å²) in [4.78, 5) is 16.1. The second-order valence-corrected chi connectivity index (χ2v) is 3.45. The molecule has 52 valence electrons. The van der Waals surface area contributed by atoms with Gasteiger partial charge in [0.15, 0.2) is 17.4 Å². The summed E-state index contributed by atoms with van der Waals surface area (Å²) in [6, 6.07) is 0. The van der Waals surface area contributed by atoms with Crippen LogP contribution in [0.25, 0.3) is 0 Å². The molecule has 2 N–H and O–H groups in total. The zero-order chi connectivity index (χ0) is 6.57. The van der Waals surface area contributed by atoms with E-state index >= 15 is 0 Å². The van der Waals surface area contributed by atoms with Gasteiger partial charge in [0.2, 0.25) is 12.3 Å². The third kappa shape index (κ3) is 12.0. The third-order valence-electron chi connectivity index (χ3n) is 0.483. The van der Waals surface area contributed by atoms with Gasteiger partial charge in [0.1, 0.15) is 0 Å². The van der Waals surface area contributed by atoms with Crippen molar-refractivity contribution in [3.63, 3.8) is 0 Å². The van der Waals surface area contributed by atoms with Gasteiger partial charge in [-0.3, -0.25) is 0 Å². The van der Waals surface area contributed by atoms with Crippen LogP contribution in [0.5, 0.6) is 0 Å². The topological polar surface area (TPSA) is 74.6 Å². The molecule has 0 rings (SSSR count). The van der Waals surface area contributed by atoms with E-state index < -0.39 is 16.1 Å². The van der Waals surface area contributed by atoms with E-state index in [1.54, 1.807) is 0 Å². The third-order valence-corrected chi connectivity index (χ3v) is 2.05. The molecule has 0 saturated heterocycles. The van der Waals surface area contributed by atoms with Gasteiger partial charge in [-0.05, 0) is 9.13 Å². The van der Waals surface area contributed by atoms with Crippen molar-refractivity contribution in [1.29, 1.82) is 0 Å². The molecule has 4 nitrogen and oxygen atoms in total. The van der Waals surface area contributed by atoms with Crippen LogP contribution in [0.15, 0.2) is 0 Å². The Bertz CT molecular complexity index is 101. The summed E-state index contributed by atoms with van der Waals surface area (Å²) < 4.78 is 19.6. The molecule has 0 aliphatic carbocycles. The van der Waals surface area contributed by atoms with E-state index in [9.17, 15) is 9.13 Å². The van der Waals surface area contributed by atoms with Gasteiger partial charge >= 0.3 is 16.1 Å². The van der Waals surface area contributed by atoms with Crippen molar-refractivity contribution in [3.05, 3.63) is 0 Å². The zero-order valence-electron chi connectivity index (χ0n) is 4.02. The van der Waals surface area contributed by atoms with Crippen molar-refractivity contribution in [2.24, 2.45) is 0 Å². The van der Waals surface area contributed by atoms with Crippen LogP contribution >= 0.6 is 16.1 Å². The lowest BCUT2D eigenvalue weighted by Crippen LogP contribution is -1.79. The first-order valence-electron chi connectivity index (χ1n) is 1.90. The maximum absolute atomic E-state index is 9.81. The molecule has 0 bridgehead atoms. The molecule has 0 fully saturated rings. The van der Waals surface area contributed by atoms with E-state index in [0.29, 0.717) is 0 Å². The molecule has 2 atom stereocenters. The standard InChI is InChI=1S/C2H4O4P2.Al.3H/c3-7(4)1-2-8(5)6;;;;/h1-2H2;;;;/p+2. The highest BCUT2D eigenvalue weighted by Crippen LogP contribution is 2.20. The zero-order valence-corrected chi connectivity index (χ0v) is 5.81. The van der Waals surface area contributed by atoms with E-state index in [2.05, 4.69) is 0 Å². The Morgan fingerprint density at radius 3 is 1.33 bits per heavy atom. The van der Waals surface area contributed by atoms with Crippen molar-refractivity contribution in [3.8, 4) is 0 Å². The van der Waals surface area contributed by atoms with E-state index in [1.165, 1.54) is 0 Å². The molecule has 0 aromatic heterocycles. The molecule has 0 heterocycles. The van der Waals surface area contributed by atoms with Crippen molar-refractivity contribution < 1.29 is 18.9 Å². The average molecular weight is 186 g/mol. The Labute approximate surface area is 65.1 Å². The van der Waals surface area contributed by atoms with Crippen molar-refractivity contribution in [1.82, 2.24) is 0 Å². The highest BCUT2D eigenvalue weighted by molar-refractivity contribution is 7.42. The normalized spacial score (nSPS) is 11.8. The Balaban J connectivity index is 0. The van der Waals surface area contributed by atoms with Crippen LogP contribution in [-0.4, -0.2) is 39.5 Å². The highest BCUT2D eigenvalue weighted by Gasteiger charge is 2.20. The predicted octanol–water partition coefficient (Wildman–Crippen LogP) is -0.728. The van der Waals surface area contributed by atoms with Crippen LogP contribution in [0.2, 0.25) is 0 Å². The summed E-state index contributed by atoms with van der Waals surface area (Å²) in [5.74, 6) is 0. The van der Waals surface area contributed by atoms with Gasteiger partial charge in [-0.15, -0.1) is 0 Å². The van der Waals surface area contributed by atoms with Crippen LogP contribution < -0.4 is 0 Å². The van der Waals surface area contributed by atoms with Gasteiger partial charge in [-0.2, -0.15) is 9.79 Å². The first-order valence-corrected chi connectivity index (χ1v) is 4.69. The number of hydrogen-bond donors (Lipinski definition) is 2. The first-order chi connectivity index (χ1) is 3.63. The molecule has 0 amide bonds. The molecular weight excluding hydrogens is 177 g/mol. The minimum Gasteiger partial charge on any atom is -0.161 e. The number of hydrogen-bond acceptors (Lipinski definition) is 2. The van der Waals surface area contributed by atoms with Crippen molar-refractivity contribution >= 4 is 33.4 Å². The van der Waals surface area contributed by atoms with Crippen molar-refractivity contribution in [2.75, 3.05) is 12.3 Å². The van der Waals surface area contributed by atoms with E-state index in [-0.39, 0.29) is 29.7 Å². The van der Waals surface area contributed by atoms with Crippen LogP contribution in [0.4, 0.5) is 0 Å². The Morgan fingerprint density at radius 2 is 1.22 bits per heavy atom. The minimum atomic E-state index is -2.23. The predicted molar refractivity (Wildman–Crippen MR) is 39.3 cm³/mol. The minimum absolute atomic E-state index is 0. The summed E-state index contributed by atoms with van der Waals surface area (Å²) in [6.45, 7) is 0. The van der Waals surface area contributed by atoms with Crippen LogP contribution in [0.1, 0.15) is 0 Å². The van der Waals surface area contributed by atoms with Gasteiger partial charge in [0, 0.05) is 0 Å². The fourth-order valence-electron chi connectivity index (χ4n) is 0.171. The smallest absolute Gasteiger partial charge is 0.161 e. The summed E-state index contributed by atoms with van der Waals surface area (Å²) >= 11 is 0.